The number of carbonyl (C=O) groups is 2. The quantitative estimate of drug-likeness (QED) is 0.111. The molecule has 2 heterocycles. The highest BCUT2D eigenvalue weighted by molar-refractivity contribution is 6.31. The Morgan fingerprint density at radius 1 is 1.00 bits per heavy atom. The molecule has 1 aliphatic carbocycles. The molecule has 0 spiro atoms. The third kappa shape index (κ3) is 5.50. The lowest BCUT2D eigenvalue weighted by Gasteiger charge is -2.20. The van der Waals surface area contributed by atoms with Crippen LogP contribution in [0.15, 0.2) is 88.1 Å². The molecule has 0 saturated heterocycles. The monoisotopic (exact) mass is 607 g/mol. The summed E-state index contributed by atoms with van der Waals surface area (Å²) in [7, 11) is 0. The van der Waals surface area contributed by atoms with Crippen LogP contribution in [0.4, 0.5) is 11.4 Å². The van der Waals surface area contributed by atoms with Crippen LogP contribution in [-0.2, 0) is 16.1 Å². The van der Waals surface area contributed by atoms with Crippen molar-refractivity contribution in [1.29, 1.82) is 0 Å². The fourth-order valence-electron chi connectivity index (χ4n) is 5.06. The first kappa shape index (κ1) is 29.7. The van der Waals surface area contributed by atoms with Crippen LogP contribution in [0, 0.1) is 0 Å². The molecular weight excluding hydrogens is 586 g/mol. The second-order valence-electron chi connectivity index (χ2n) is 9.68. The Balaban J connectivity index is 0.00000123. The summed E-state index contributed by atoms with van der Waals surface area (Å²) in [4.78, 5) is 57.4. The van der Waals surface area contributed by atoms with Crippen LogP contribution in [0.1, 0.15) is 33.3 Å². The van der Waals surface area contributed by atoms with Gasteiger partial charge in [0, 0.05) is 52.7 Å². The second kappa shape index (κ2) is 12.2. The average Bonchev–Trinajstić information content (AvgIpc) is 3.00. The van der Waals surface area contributed by atoms with Gasteiger partial charge in [-0.3, -0.25) is 9.59 Å². The number of carboxylic acids is 1. The first-order valence-corrected chi connectivity index (χ1v) is 13.5. The summed E-state index contributed by atoms with van der Waals surface area (Å²) in [6.45, 7) is 1.68. The summed E-state index contributed by atoms with van der Waals surface area (Å²) < 4.78 is 6.30. The number of nitrogens with zero attached hydrogens (tertiary/aromatic N) is 1. The lowest BCUT2D eigenvalue weighted by Crippen LogP contribution is -2.08. The van der Waals surface area contributed by atoms with Crippen LogP contribution in [0.2, 0.25) is 5.02 Å². The van der Waals surface area contributed by atoms with Crippen molar-refractivity contribution < 1.29 is 28.7 Å². The van der Waals surface area contributed by atoms with Crippen molar-refractivity contribution in [2.45, 2.75) is 13.5 Å². The average molecular weight is 608 g/mol. The number of carboxylic acid groups (broad SMARTS) is 1. The standard InChI is InChI=1S/C32H22ClN3O5.CO2/c1-16(37)25-12-9-17-5-4-8-26(30(17)36-25)35-15-22-24(34)11-10-20-29(18-6-2-3-7-19(18)32(39)40)21-13-23(33)27(38)14-28(21)41-31(20)22;2-1-3/h2-14,35H,15,34H2,1H3,(H,39,40);. The van der Waals surface area contributed by atoms with Crippen LogP contribution in [0.5, 0.6) is 0 Å². The number of Topliss-reactive ketones (excluding diaryl/α,β-unsaturated/α-hetero) is 1. The van der Waals surface area contributed by atoms with E-state index in [1.54, 1.807) is 36.4 Å². The summed E-state index contributed by atoms with van der Waals surface area (Å²) in [5.41, 5.74) is 10.7. The van der Waals surface area contributed by atoms with E-state index in [9.17, 15) is 19.5 Å². The molecule has 6 rings (SSSR count). The Kier molecular flexibility index (Phi) is 8.21. The molecule has 4 N–H and O–H groups in total. The number of halogens is 1. The minimum absolute atomic E-state index is 0.00757. The maximum absolute atomic E-state index is 12.5. The van der Waals surface area contributed by atoms with Crippen molar-refractivity contribution in [3.05, 3.63) is 111 Å². The predicted octanol–water partition coefficient (Wildman–Crippen LogP) is 6.28. The van der Waals surface area contributed by atoms with Gasteiger partial charge in [0.1, 0.15) is 17.0 Å². The molecule has 0 saturated carbocycles. The number of nitrogens with one attached hydrogen (secondary N) is 1. The highest BCUT2D eigenvalue weighted by atomic mass is 35.5. The van der Waals surface area contributed by atoms with Gasteiger partial charge in [-0.15, -0.1) is 0 Å². The normalized spacial score (nSPS) is 10.7. The van der Waals surface area contributed by atoms with Crippen molar-refractivity contribution >= 4 is 62.8 Å². The zero-order valence-corrected chi connectivity index (χ0v) is 23.8. The van der Waals surface area contributed by atoms with E-state index >= 15 is 0 Å². The van der Waals surface area contributed by atoms with Crippen molar-refractivity contribution in [3.8, 4) is 22.5 Å². The van der Waals surface area contributed by atoms with E-state index in [1.165, 1.54) is 25.1 Å². The Labute approximate surface area is 254 Å². The van der Waals surface area contributed by atoms with Crippen molar-refractivity contribution in [1.82, 2.24) is 4.98 Å². The largest absolute Gasteiger partial charge is 0.478 e. The molecule has 0 amide bonds. The molecule has 218 valence electrons. The fraction of sp³-hybridized carbons (Fsp3) is 0.0606. The number of para-hydroxylation sites is 1. The maximum Gasteiger partial charge on any atom is 0.373 e. The van der Waals surface area contributed by atoms with Gasteiger partial charge in [0.2, 0.25) is 5.43 Å². The van der Waals surface area contributed by atoms with E-state index in [-0.39, 0.29) is 34.8 Å². The van der Waals surface area contributed by atoms with Gasteiger partial charge < -0.3 is 20.6 Å². The number of hydrogen-bond acceptors (Lipinski definition) is 9. The molecule has 0 radical (unpaired) electrons. The molecule has 0 fully saturated rings. The number of benzene rings is 4. The Morgan fingerprint density at radius 3 is 2.48 bits per heavy atom. The molecule has 11 heteroatoms. The second-order valence-corrected chi connectivity index (χ2v) is 10.1. The number of rotatable bonds is 6. The van der Waals surface area contributed by atoms with E-state index in [4.69, 9.17) is 31.3 Å². The number of aromatic nitrogens is 1. The molecule has 3 aromatic carbocycles. The number of pyridine rings is 1. The lowest BCUT2D eigenvalue weighted by molar-refractivity contribution is -0.191. The van der Waals surface area contributed by atoms with Crippen LogP contribution in [-0.4, -0.2) is 28.0 Å². The number of aromatic carboxylic acids is 1. The summed E-state index contributed by atoms with van der Waals surface area (Å²) >= 11 is 6.23. The Morgan fingerprint density at radius 2 is 1.75 bits per heavy atom. The van der Waals surface area contributed by atoms with Crippen LogP contribution < -0.4 is 16.5 Å². The van der Waals surface area contributed by atoms with E-state index in [1.807, 2.05) is 24.3 Å². The fourth-order valence-corrected chi connectivity index (χ4v) is 5.22. The predicted molar refractivity (Wildman–Crippen MR) is 165 cm³/mol. The number of ketones is 1. The highest BCUT2D eigenvalue weighted by Crippen LogP contribution is 2.44. The zero-order chi connectivity index (χ0) is 31.5. The Bertz CT molecular complexity index is 2170. The van der Waals surface area contributed by atoms with Gasteiger partial charge in [-0.25, -0.2) is 9.78 Å². The number of hydrogen-bond donors (Lipinski definition) is 3. The minimum Gasteiger partial charge on any atom is -0.478 e. The van der Waals surface area contributed by atoms with E-state index in [0.717, 1.165) is 5.39 Å². The topological polar surface area (TPSA) is 170 Å². The first-order chi connectivity index (χ1) is 21.1. The van der Waals surface area contributed by atoms with Gasteiger partial charge in [0.05, 0.1) is 21.8 Å². The molecule has 10 nitrogen and oxygen atoms in total. The van der Waals surface area contributed by atoms with Gasteiger partial charge in [-0.2, -0.15) is 9.59 Å². The van der Waals surface area contributed by atoms with E-state index in [2.05, 4.69) is 10.3 Å². The summed E-state index contributed by atoms with van der Waals surface area (Å²) in [5.74, 6) is -0.996. The number of nitrogens with two attached hydrogens (primary N) is 1. The van der Waals surface area contributed by atoms with Gasteiger partial charge in [0.25, 0.3) is 0 Å². The van der Waals surface area contributed by atoms with Crippen LogP contribution in [0.3, 0.4) is 0 Å². The molecule has 1 aliphatic heterocycles. The minimum atomic E-state index is -1.10. The molecule has 0 unspecified atom stereocenters. The van der Waals surface area contributed by atoms with E-state index < -0.39 is 11.4 Å². The van der Waals surface area contributed by atoms with E-state index in [0.29, 0.717) is 55.8 Å². The lowest BCUT2D eigenvalue weighted by atomic mass is 9.90. The molecule has 0 bridgehead atoms. The van der Waals surface area contributed by atoms with Gasteiger partial charge in [-0.05, 0) is 42.0 Å². The summed E-state index contributed by atoms with van der Waals surface area (Å²) in [6, 6.07) is 22.1. The number of nitrogen functional groups attached to an aromatic ring is 1. The molecular formula is C33H22ClN3O7. The molecule has 2 aliphatic rings. The number of fused-ring (bicyclic) bond motifs is 3. The van der Waals surface area contributed by atoms with Gasteiger partial charge in [0.15, 0.2) is 5.78 Å². The molecule has 0 atom stereocenters. The zero-order valence-electron chi connectivity index (χ0n) is 23.0. The SMILES string of the molecule is CC(=O)c1ccc2cccc(NCc3c(N)ccc4c(-c5ccccc5C(=O)O)c5cc(Cl)c(=O)cc-5oc34)c2n1.O=C=O. The summed E-state index contributed by atoms with van der Waals surface area (Å²) in [6.07, 6.45) is 0.250. The number of anilines is 2. The van der Waals surface area contributed by atoms with Crippen LogP contribution >= 0.6 is 11.6 Å². The van der Waals surface area contributed by atoms with Crippen molar-refractivity contribution in [2.75, 3.05) is 11.1 Å². The van der Waals surface area contributed by atoms with Gasteiger partial charge in [-0.1, -0.05) is 48.0 Å². The number of carbonyl (C=O) groups excluding carboxylic acids is 3. The molecule has 4 aromatic rings. The first-order valence-electron chi connectivity index (χ1n) is 13.1. The third-order valence-electron chi connectivity index (χ3n) is 7.04. The Hall–Kier alpha value is -5.83. The van der Waals surface area contributed by atoms with Crippen molar-refractivity contribution in [2.24, 2.45) is 0 Å². The third-order valence-corrected chi connectivity index (χ3v) is 7.34. The van der Waals surface area contributed by atoms with Crippen molar-refractivity contribution in [3.63, 3.8) is 0 Å². The molecule has 1 aromatic heterocycles. The van der Waals surface area contributed by atoms with Gasteiger partial charge >= 0.3 is 12.1 Å². The maximum atomic E-state index is 12.5. The van der Waals surface area contributed by atoms with Crippen LogP contribution in [0.25, 0.3) is 44.3 Å². The summed E-state index contributed by atoms with van der Waals surface area (Å²) in [5, 5.41) is 14.8. The molecule has 44 heavy (non-hydrogen) atoms. The highest BCUT2D eigenvalue weighted by Gasteiger charge is 2.24. The smallest absolute Gasteiger partial charge is 0.373 e.